The molecule has 0 saturated carbocycles. The molecule has 4 aliphatic rings. The molecule has 1 nitrogen and oxygen atoms in total. The molecular formula is C48H56BNS. The van der Waals surface area contributed by atoms with Crippen LogP contribution in [0.4, 0.5) is 17.1 Å². The molecule has 262 valence electrons. The Bertz CT molecular complexity index is 2350. The van der Waals surface area contributed by atoms with Gasteiger partial charge in [0.2, 0.25) is 0 Å². The quantitative estimate of drug-likeness (QED) is 0.155. The van der Waals surface area contributed by atoms with E-state index in [0.717, 1.165) is 0 Å². The number of hydrogen-bond donors (Lipinski definition) is 0. The predicted molar refractivity (Wildman–Crippen MR) is 225 cm³/mol. The molecule has 0 amide bonds. The highest BCUT2D eigenvalue weighted by Gasteiger charge is 2.51. The van der Waals surface area contributed by atoms with Gasteiger partial charge in [0, 0.05) is 27.2 Å². The molecule has 0 spiro atoms. The van der Waals surface area contributed by atoms with Crippen molar-refractivity contribution in [2.75, 3.05) is 4.90 Å². The van der Waals surface area contributed by atoms with Gasteiger partial charge in [-0.1, -0.05) is 114 Å². The van der Waals surface area contributed by atoms with Crippen LogP contribution in [0.1, 0.15) is 147 Å². The second kappa shape index (κ2) is 9.81. The van der Waals surface area contributed by atoms with Gasteiger partial charge in [-0.3, -0.25) is 0 Å². The number of nitrogens with zero attached hydrogens (tertiary/aromatic N) is 1. The summed E-state index contributed by atoms with van der Waals surface area (Å²) in [6, 6.07) is 25.2. The molecule has 0 saturated heterocycles. The minimum Gasteiger partial charge on any atom is -0.311 e. The van der Waals surface area contributed by atoms with Crippen LogP contribution in [0.15, 0.2) is 60.7 Å². The van der Waals surface area contributed by atoms with Gasteiger partial charge in [0.1, 0.15) is 0 Å². The average molecular weight is 690 g/mol. The van der Waals surface area contributed by atoms with Gasteiger partial charge in [-0.05, 0) is 149 Å². The molecular weight excluding hydrogens is 633 g/mol. The van der Waals surface area contributed by atoms with E-state index in [1.165, 1.54) is 84.3 Å². The molecule has 0 bridgehead atoms. The van der Waals surface area contributed by atoms with Crippen LogP contribution in [0.25, 0.3) is 10.1 Å². The van der Waals surface area contributed by atoms with E-state index in [9.17, 15) is 0 Å². The number of aryl methyl sites for hydroxylation is 1. The number of anilines is 3. The van der Waals surface area contributed by atoms with Gasteiger partial charge in [0.25, 0.3) is 6.71 Å². The Kier molecular flexibility index (Phi) is 6.45. The molecule has 0 fully saturated rings. The summed E-state index contributed by atoms with van der Waals surface area (Å²) >= 11 is 2.06. The lowest BCUT2D eigenvalue weighted by Crippen LogP contribution is -2.63. The van der Waals surface area contributed by atoms with Crippen molar-refractivity contribution in [3.05, 3.63) is 105 Å². The van der Waals surface area contributed by atoms with E-state index < -0.39 is 0 Å². The predicted octanol–water partition coefficient (Wildman–Crippen LogP) is 11.4. The molecule has 9 rings (SSSR count). The minimum absolute atomic E-state index is 0.0972. The topological polar surface area (TPSA) is 3.24 Å². The van der Waals surface area contributed by atoms with E-state index in [1.807, 2.05) is 0 Å². The van der Waals surface area contributed by atoms with Crippen LogP contribution in [0.2, 0.25) is 0 Å². The van der Waals surface area contributed by atoms with Crippen molar-refractivity contribution in [3.8, 4) is 0 Å². The van der Waals surface area contributed by atoms with E-state index in [0.29, 0.717) is 0 Å². The first kappa shape index (κ1) is 33.5. The number of benzene rings is 4. The van der Waals surface area contributed by atoms with Gasteiger partial charge in [-0.2, -0.15) is 0 Å². The summed E-state index contributed by atoms with van der Waals surface area (Å²) in [5.74, 6) is 0. The zero-order valence-corrected chi connectivity index (χ0v) is 34.4. The Labute approximate surface area is 312 Å². The van der Waals surface area contributed by atoms with Crippen LogP contribution in [-0.2, 0) is 32.5 Å². The largest absolute Gasteiger partial charge is 0.311 e. The molecule has 3 heteroatoms. The van der Waals surface area contributed by atoms with Crippen molar-refractivity contribution in [2.45, 2.75) is 142 Å². The van der Waals surface area contributed by atoms with Gasteiger partial charge in [-0.25, -0.2) is 0 Å². The molecule has 0 atom stereocenters. The van der Waals surface area contributed by atoms with Crippen LogP contribution >= 0.6 is 11.3 Å². The average Bonchev–Trinajstić information content (AvgIpc) is 3.54. The molecule has 51 heavy (non-hydrogen) atoms. The van der Waals surface area contributed by atoms with Crippen molar-refractivity contribution < 1.29 is 0 Å². The molecule has 0 radical (unpaired) electrons. The molecule has 3 heterocycles. The van der Waals surface area contributed by atoms with Crippen molar-refractivity contribution in [2.24, 2.45) is 0 Å². The SMILES string of the molecule is Cc1cc2c3c(c1)C(C)(C)c1c(sc4ccc(C(C)(C)C)cc14)B3c1cc3c(cc1N2c1ccc2c(c1)C(C)(C)CC2(C)C)C(C)(C)CC3(C)C. The highest BCUT2D eigenvalue weighted by Crippen LogP contribution is 2.55. The molecule has 4 aromatic carbocycles. The Morgan fingerprint density at radius 1 is 0.627 bits per heavy atom. The van der Waals surface area contributed by atoms with Crippen molar-refractivity contribution >= 4 is 60.9 Å². The van der Waals surface area contributed by atoms with Crippen LogP contribution in [0.3, 0.4) is 0 Å². The fourth-order valence-corrected chi connectivity index (χ4v) is 13.2. The van der Waals surface area contributed by atoms with Crippen LogP contribution in [0, 0.1) is 6.92 Å². The van der Waals surface area contributed by atoms with Crippen LogP contribution in [-0.4, -0.2) is 6.71 Å². The van der Waals surface area contributed by atoms with E-state index in [2.05, 4.69) is 174 Å². The number of thiophene rings is 1. The summed E-state index contributed by atoms with van der Waals surface area (Å²) in [5.41, 5.74) is 19.5. The van der Waals surface area contributed by atoms with Crippen molar-refractivity contribution in [1.29, 1.82) is 0 Å². The lowest BCUT2D eigenvalue weighted by atomic mass is 9.32. The highest BCUT2D eigenvalue weighted by atomic mass is 32.1. The maximum Gasteiger partial charge on any atom is 0.259 e. The second-order valence-corrected chi connectivity index (χ2v) is 22.1. The van der Waals surface area contributed by atoms with E-state index >= 15 is 0 Å². The number of rotatable bonds is 1. The third-order valence-electron chi connectivity index (χ3n) is 13.6. The molecule has 1 aromatic heterocycles. The van der Waals surface area contributed by atoms with Gasteiger partial charge in [0.15, 0.2) is 0 Å². The summed E-state index contributed by atoms with van der Waals surface area (Å²) in [5, 5.41) is 1.45. The summed E-state index contributed by atoms with van der Waals surface area (Å²) < 4.78 is 2.97. The van der Waals surface area contributed by atoms with Gasteiger partial charge < -0.3 is 4.90 Å². The van der Waals surface area contributed by atoms with Gasteiger partial charge >= 0.3 is 0 Å². The molecule has 2 aliphatic heterocycles. The molecule has 0 unspecified atom stereocenters. The second-order valence-electron chi connectivity index (χ2n) is 21.0. The fraction of sp³-hybridized carbons (Fsp3) is 0.458. The van der Waals surface area contributed by atoms with E-state index in [4.69, 9.17) is 0 Å². The zero-order chi connectivity index (χ0) is 36.6. The maximum atomic E-state index is 2.69. The first-order valence-electron chi connectivity index (χ1n) is 19.4. The Morgan fingerprint density at radius 3 is 1.88 bits per heavy atom. The first-order valence-corrected chi connectivity index (χ1v) is 20.2. The Hall–Kier alpha value is -3.30. The maximum absolute atomic E-state index is 2.69. The van der Waals surface area contributed by atoms with Crippen molar-refractivity contribution in [3.63, 3.8) is 0 Å². The zero-order valence-electron chi connectivity index (χ0n) is 33.6. The number of hydrogen-bond acceptors (Lipinski definition) is 2. The fourth-order valence-electron chi connectivity index (χ4n) is 11.7. The normalized spacial score (nSPS) is 20.9. The van der Waals surface area contributed by atoms with Gasteiger partial charge in [0.05, 0.1) is 0 Å². The molecule has 5 aromatic rings. The molecule has 2 aliphatic carbocycles. The summed E-state index contributed by atoms with van der Waals surface area (Å²) in [6.07, 6.45) is 2.34. The van der Waals surface area contributed by atoms with E-state index in [-0.39, 0.29) is 39.2 Å². The third kappa shape index (κ3) is 4.46. The number of fused-ring (bicyclic) bond motifs is 8. The lowest BCUT2D eigenvalue weighted by molar-refractivity contribution is 0.403. The summed E-state index contributed by atoms with van der Waals surface area (Å²) in [6.45, 7) is 34.2. The van der Waals surface area contributed by atoms with Crippen LogP contribution < -0.4 is 20.6 Å². The highest BCUT2D eigenvalue weighted by molar-refractivity contribution is 7.32. The standard InChI is InChI=1S/C48H56BNS/c1-27-19-35-41-38(20-27)50(29-16-17-31-32(22-29)45(7,8)25-44(31,5)6)37-24-34-33(46(9,10)26-47(34,11)12)23-36(37)49(41)42-40(48(35,13)14)30-21-28(43(2,3)4)15-18-39(30)51-42/h15-24H,25-26H2,1-14H3. The summed E-state index contributed by atoms with van der Waals surface area (Å²) in [7, 11) is 0. The van der Waals surface area contributed by atoms with Gasteiger partial charge in [-0.15, -0.1) is 11.3 Å². The third-order valence-corrected chi connectivity index (χ3v) is 14.9. The summed E-state index contributed by atoms with van der Waals surface area (Å²) in [4.78, 5) is 2.69. The monoisotopic (exact) mass is 689 g/mol. The Balaban J connectivity index is 1.40. The Morgan fingerprint density at radius 2 is 1.24 bits per heavy atom. The minimum atomic E-state index is -0.137. The smallest absolute Gasteiger partial charge is 0.259 e. The first-order chi connectivity index (χ1) is 23.5. The molecule has 0 N–H and O–H groups in total. The van der Waals surface area contributed by atoms with Crippen LogP contribution in [0.5, 0.6) is 0 Å². The van der Waals surface area contributed by atoms with E-state index in [1.54, 1.807) is 15.9 Å². The lowest BCUT2D eigenvalue weighted by Gasteiger charge is -2.45. The van der Waals surface area contributed by atoms with Crippen molar-refractivity contribution in [1.82, 2.24) is 0 Å².